The minimum absolute atomic E-state index is 0.0494. The van der Waals surface area contributed by atoms with Crippen molar-refractivity contribution < 1.29 is 13.9 Å². The number of hydrogen-bond donors (Lipinski definition) is 0. The number of Topliss-reactive ketones (excluding diaryl/α,β-unsaturated/α-hetero) is 1. The van der Waals surface area contributed by atoms with E-state index in [9.17, 15) is 4.79 Å². The number of carbonyl (C=O) groups excluding carboxylic acids is 1. The van der Waals surface area contributed by atoms with E-state index in [4.69, 9.17) is 9.15 Å². The molecule has 0 N–H and O–H groups in total. The fourth-order valence-electron chi connectivity index (χ4n) is 3.41. The number of methoxy groups -OCH3 is 1. The second-order valence-electron chi connectivity index (χ2n) is 6.82. The van der Waals surface area contributed by atoms with E-state index in [2.05, 4.69) is 14.8 Å². The summed E-state index contributed by atoms with van der Waals surface area (Å²) in [6, 6.07) is 13.4. The van der Waals surface area contributed by atoms with Gasteiger partial charge in [0.1, 0.15) is 17.8 Å². The Bertz CT molecular complexity index is 1160. The number of hydrogen-bond acceptors (Lipinski definition) is 6. The Morgan fingerprint density at radius 2 is 2.03 bits per heavy atom. The Morgan fingerprint density at radius 1 is 1.20 bits per heavy atom. The molecule has 0 aliphatic rings. The topological polar surface area (TPSA) is 75.1 Å². The molecule has 3 heterocycles. The van der Waals surface area contributed by atoms with Gasteiger partial charge < -0.3 is 13.7 Å². The lowest BCUT2D eigenvalue weighted by Crippen LogP contribution is -2.08. The molecule has 0 atom stereocenters. The van der Waals surface area contributed by atoms with Crippen molar-refractivity contribution in [3.8, 4) is 11.4 Å². The van der Waals surface area contributed by atoms with Crippen LogP contribution >= 0.6 is 11.8 Å². The first-order valence-corrected chi connectivity index (χ1v) is 10.5. The highest BCUT2D eigenvalue weighted by Crippen LogP contribution is 2.27. The SMILES string of the molecule is COc1ccccc1-n1cnnc1SCC(=O)c1cc(C)n(Cc2ccco2)c1C. The van der Waals surface area contributed by atoms with Gasteiger partial charge >= 0.3 is 0 Å². The van der Waals surface area contributed by atoms with E-state index in [1.54, 1.807) is 19.7 Å². The van der Waals surface area contributed by atoms with Crippen LogP contribution in [-0.4, -0.2) is 38.0 Å². The number of benzene rings is 1. The van der Waals surface area contributed by atoms with Crippen LogP contribution in [0, 0.1) is 13.8 Å². The number of thioether (sulfide) groups is 1. The van der Waals surface area contributed by atoms with Crippen molar-refractivity contribution in [2.75, 3.05) is 12.9 Å². The molecule has 4 aromatic rings. The van der Waals surface area contributed by atoms with E-state index in [0.717, 1.165) is 28.4 Å². The maximum Gasteiger partial charge on any atom is 0.196 e. The number of aromatic nitrogens is 4. The van der Waals surface area contributed by atoms with Crippen molar-refractivity contribution in [1.29, 1.82) is 0 Å². The third-order valence-corrected chi connectivity index (χ3v) is 5.90. The molecular formula is C22H22N4O3S. The van der Waals surface area contributed by atoms with Gasteiger partial charge in [0.15, 0.2) is 10.9 Å². The van der Waals surface area contributed by atoms with Crippen LogP contribution in [0.2, 0.25) is 0 Å². The molecule has 154 valence electrons. The zero-order chi connectivity index (χ0) is 21.1. The molecule has 0 aliphatic heterocycles. The molecule has 0 unspecified atom stereocenters. The number of para-hydroxylation sites is 2. The summed E-state index contributed by atoms with van der Waals surface area (Å²) in [6.07, 6.45) is 3.28. The summed E-state index contributed by atoms with van der Waals surface area (Å²) in [5.74, 6) is 1.88. The van der Waals surface area contributed by atoms with Crippen molar-refractivity contribution in [2.45, 2.75) is 25.5 Å². The molecule has 4 rings (SSSR count). The molecule has 0 spiro atoms. The standard InChI is InChI=1S/C22H22N4O3S/c1-15-11-18(16(2)25(15)12-17-7-6-10-29-17)20(27)13-30-22-24-23-14-26(22)19-8-4-5-9-21(19)28-3/h4-11,14H,12-13H2,1-3H3. The van der Waals surface area contributed by atoms with Crippen LogP contribution in [0.3, 0.4) is 0 Å². The highest BCUT2D eigenvalue weighted by molar-refractivity contribution is 7.99. The first kappa shape index (κ1) is 20.0. The van der Waals surface area contributed by atoms with Gasteiger partial charge in [0.2, 0.25) is 0 Å². The summed E-state index contributed by atoms with van der Waals surface area (Å²) >= 11 is 1.36. The largest absolute Gasteiger partial charge is 0.495 e. The van der Waals surface area contributed by atoms with Crippen molar-refractivity contribution in [2.24, 2.45) is 0 Å². The van der Waals surface area contributed by atoms with Crippen LogP contribution in [0.25, 0.3) is 5.69 Å². The van der Waals surface area contributed by atoms with Crippen molar-refractivity contribution in [3.05, 3.63) is 77.8 Å². The smallest absolute Gasteiger partial charge is 0.196 e. The average Bonchev–Trinajstić information content (AvgIpc) is 3.50. The monoisotopic (exact) mass is 422 g/mol. The maximum absolute atomic E-state index is 13.0. The Balaban J connectivity index is 1.51. The van der Waals surface area contributed by atoms with Gasteiger partial charge in [-0.15, -0.1) is 10.2 Å². The lowest BCUT2D eigenvalue weighted by Gasteiger charge is -2.10. The van der Waals surface area contributed by atoms with E-state index >= 15 is 0 Å². The number of ether oxygens (including phenoxy) is 1. The second kappa shape index (κ2) is 8.62. The van der Waals surface area contributed by atoms with Crippen molar-refractivity contribution in [1.82, 2.24) is 19.3 Å². The Morgan fingerprint density at radius 3 is 2.80 bits per heavy atom. The molecule has 30 heavy (non-hydrogen) atoms. The average molecular weight is 423 g/mol. The predicted octanol–water partition coefficient (Wildman–Crippen LogP) is 4.31. The molecule has 1 aromatic carbocycles. The highest BCUT2D eigenvalue weighted by atomic mass is 32.2. The van der Waals surface area contributed by atoms with Gasteiger partial charge in [-0.25, -0.2) is 0 Å². The molecule has 0 aliphatic carbocycles. The lowest BCUT2D eigenvalue weighted by molar-refractivity contribution is 0.102. The van der Waals surface area contributed by atoms with E-state index in [-0.39, 0.29) is 11.5 Å². The van der Waals surface area contributed by atoms with Crippen molar-refractivity contribution in [3.63, 3.8) is 0 Å². The Hall–Kier alpha value is -3.26. The van der Waals surface area contributed by atoms with Crippen LogP contribution in [0.15, 0.2) is 64.6 Å². The predicted molar refractivity (Wildman–Crippen MR) is 115 cm³/mol. The van der Waals surface area contributed by atoms with Gasteiger partial charge in [-0.05, 0) is 44.2 Å². The highest BCUT2D eigenvalue weighted by Gasteiger charge is 2.18. The van der Waals surface area contributed by atoms with E-state index in [1.807, 2.05) is 60.9 Å². The molecule has 8 heteroatoms. The van der Waals surface area contributed by atoms with E-state index < -0.39 is 0 Å². The van der Waals surface area contributed by atoms with Gasteiger partial charge in [0.05, 0.1) is 31.4 Å². The van der Waals surface area contributed by atoms with Crippen LogP contribution in [0.4, 0.5) is 0 Å². The first-order valence-electron chi connectivity index (χ1n) is 9.47. The summed E-state index contributed by atoms with van der Waals surface area (Å²) in [5, 5.41) is 8.83. The summed E-state index contributed by atoms with van der Waals surface area (Å²) in [7, 11) is 1.62. The fraction of sp³-hybridized carbons (Fsp3) is 0.227. The number of carbonyl (C=O) groups is 1. The van der Waals surface area contributed by atoms with Gasteiger partial charge in [-0.2, -0.15) is 0 Å². The summed E-state index contributed by atoms with van der Waals surface area (Å²) in [5.41, 5.74) is 3.50. The summed E-state index contributed by atoms with van der Waals surface area (Å²) in [4.78, 5) is 13.0. The number of ketones is 1. The van der Waals surface area contributed by atoms with E-state index in [1.165, 1.54) is 11.8 Å². The first-order chi connectivity index (χ1) is 14.6. The molecule has 7 nitrogen and oxygen atoms in total. The van der Waals surface area contributed by atoms with Gasteiger partial charge in [-0.3, -0.25) is 9.36 Å². The molecule has 0 radical (unpaired) electrons. The van der Waals surface area contributed by atoms with Crippen LogP contribution in [0.1, 0.15) is 27.5 Å². The second-order valence-corrected chi connectivity index (χ2v) is 7.76. The van der Waals surface area contributed by atoms with Crippen LogP contribution < -0.4 is 4.74 Å². The molecule has 0 fully saturated rings. The number of rotatable bonds is 8. The Kier molecular flexibility index (Phi) is 5.76. The van der Waals surface area contributed by atoms with Crippen molar-refractivity contribution >= 4 is 17.5 Å². The van der Waals surface area contributed by atoms with Crippen LogP contribution in [-0.2, 0) is 6.54 Å². The molecular weight excluding hydrogens is 400 g/mol. The lowest BCUT2D eigenvalue weighted by atomic mass is 10.2. The summed E-state index contributed by atoms with van der Waals surface area (Å²) < 4.78 is 14.8. The zero-order valence-corrected chi connectivity index (χ0v) is 17.8. The Labute approximate surface area is 178 Å². The van der Waals surface area contributed by atoms with E-state index in [0.29, 0.717) is 17.5 Å². The number of nitrogens with zero attached hydrogens (tertiary/aromatic N) is 4. The molecule has 0 saturated heterocycles. The van der Waals surface area contributed by atoms with Crippen LogP contribution in [0.5, 0.6) is 5.75 Å². The number of furan rings is 1. The minimum atomic E-state index is 0.0494. The molecule has 0 bridgehead atoms. The minimum Gasteiger partial charge on any atom is -0.495 e. The number of aryl methyl sites for hydroxylation is 1. The third-order valence-electron chi connectivity index (χ3n) is 4.96. The molecule has 0 amide bonds. The normalized spacial score (nSPS) is 11.0. The molecule has 0 saturated carbocycles. The maximum atomic E-state index is 13.0. The van der Waals surface area contributed by atoms with Gasteiger partial charge in [0.25, 0.3) is 0 Å². The summed E-state index contributed by atoms with van der Waals surface area (Å²) in [6.45, 7) is 4.57. The quantitative estimate of drug-likeness (QED) is 0.311. The zero-order valence-electron chi connectivity index (χ0n) is 17.0. The van der Waals surface area contributed by atoms with Gasteiger partial charge in [0, 0.05) is 17.0 Å². The molecule has 3 aromatic heterocycles. The fourth-order valence-corrected chi connectivity index (χ4v) is 4.21. The van der Waals surface area contributed by atoms with Gasteiger partial charge in [-0.1, -0.05) is 23.9 Å². The third kappa shape index (κ3) is 3.91.